The van der Waals surface area contributed by atoms with Gasteiger partial charge in [0, 0.05) is 4.47 Å². The van der Waals surface area contributed by atoms with Crippen molar-refractivity contribution >= 4 is 33.9 Å². The van der Waals surface area contributed by atoms with Crippen LogP contribution in [0.3, 0.4) is 0 Å². The van der Waals surface area contributed by atoms with Crippen molar-refractivity contribution < 1.29 is 23.8 Å². The van der Waals surface area contributed by atoms with Crippen LogP contribution < -0.4 is 14.8 Å². The Bertz CT molecular complexity index is 1020. The first-order valence-electron chi connectivity index (χ1n) is 10.1. The summed E-state index contributed by atoms with van der Waals surface area (Å²) in [5.41, 5.74) is 1.42. The van der Waals surface area contributed by atoms with Gasteiger partial charge < -0.3 is 19.5 Å². The largest absolute Gasteiger partial charge is 0.490 e. The second-order valence-corrected chi connectivity index (χ2v) is 7.48. The predicted octanol–water partition coefficient (Wildman–Crippen LogP) is 4.57. The van der Waals surface area contributed by atoms with Crippen LogP contribution >= 0.6 is 15.9 Å². The Balaban J connectivity index is 2.25. The molecular weight excluding hydrogens is 476 g/mol. The summed E-state index contributed by atoms with van der Waals surface area (Å²) in [5, 5.41) is 12.4. The lowest BCUT2D eigenvalue weighted by Gasteiger charge is -2.15. The van der Waals surface area contributed by atoms with E-state index in [2.05, 4.69) is 21.2 Å². The number of amides is 1. The number of benzene rings is 2. The van der Waals surface area contributed by atoms with Gasteiger partial charge in [0.25, 0.3) is 5.91 Å². The number of carbonyl (C=O) groups is 2. The van der Waals surface area contributed by atoms with Crippen molar-refractivity contribution in [1.29, 1.82) is 5.26 Å². The minimum atomic E-state index is -0.494. The molecule has 8 heteroatoms. The molecule has 1 atom stereocenters. The Morgan fingerprint density at radius 1 is 1.12 bits per heavy atom. The topological polar surface area (TPSA) is 97.7 Å². The summed E-state index contributed by atoms with van der Waals surface area (Å²) >= 11 is 3.43. The Morgan fingerprint density at radius 3 is 2.44 bits per heavy atom. The number of carbonyl (C=O) groups excluding carboxylic acids is 2. The van der Waals surface area contributed by atoms with Gasteiger partial charge in [-0.05, 0) is 50.1 Å². The first-order valence-corrected chi connectivity index (χ1v) is 10.9. The van der Waals surface area contributed by atoms with Crippen molar-refractivity contribution in [3.05, 3.63) is 63.6 Å². The van der Waals surface area contributed by atoms with Crippen LogP contribution in [0, 0.1) is 11.3 Å². The molecule has 0 aliphatic rings. The van der Waals surface area contributed by atoms with Crippen molar-refractivity contribution in [1.82, 2.24) is 5.32 Å². The number of esters is 1. The smallest absolute Gasteiger partial charge is 0.344 e. The van der Waals surface area contributed by atoms with Gasteiger partial charge in [-0.2, -0.15) is 5.26 Å². The molecule has 0 saturated carbocycles. The summed E-state index contributed by atoms with van der Waals surface area (Å²) in [5.74, 6) is -0.270. The van der Waals surface area contributed by atoms with Gasteiger partial charge in [0.1, 0.15) is 11.6 Å². The predicted molar refractivity (Wildman–Crippen MR) is 124 cm³/mol. The van der Waals surface area contributed by atoms with Crippen molar-refractivity contribution in [2.75, 3.05) is 19.8 Å². The molecule has 2 aromatic carbocycles. The van der Waals surface area contributed by atoms with Crippen molar-refractivity contribution in [3.63, 3.8) is 0 Å². The normalized spacial score (nSPS) is 11.8. The van der Waals surface area contributed by atoms with Crippen LogP contribution in [-0.4, -0.2) is 31.7 Å². The second-order valence-electron chi connectivity index (χ2n) is 6.62. The highest BCUT2D eigenvalue weighted by Gasteiger charge is 2.17. The standard InChI is InChI=1S/C24H25BrN2O5/c1-4-30-21-12-18(20(25)13-22(21)32-15-23(28)31-5-2)11-19(14-26)24(29)27-16(3)17-9-7-6-8-10-17/h6-13,16H,4-5,15H2,1-3H3,(H,27,29)/b19-11-/t16-/m1/s1. The number of rotatable bonds is 10. The third-order valence-electron chi connectivity index (χ3n) is 4.33. The third kappa shape index (κ3) is 7.13. The summed E-state index contributed by atoms with van der Waals surface area (Å²) in [6.45, 7) is 5.73. The molecule has 0 spiro atoms. The van der Waals surface area contributed by atoms with Crippen molar-refractivity contribution in [2.45, 2.75) is 26.8 Å². The van der Waals surface area contributed by atoms with E-state index in [1.807, 2.05) is 50.2 Å². The maximum atomic E-state index is 12.7. The van der Waals surface area contributed by atoms with Gasteiger partial charge in [-0.1, -0.05) is 46.3 Å². The van der Waals surface area contributed by atoms with Crippen molar-refractivity contribution in [3.8, 4) is 17.6 Å². The monoisotopic (exact) mass is 500 g/mol. The summed E-state index contributed by atoms with van der Waals surface area (Å²) < 4.78 is 16.6. The first-order chi connectivity index (χ1) is 15.4. The third-order valence-corrected chi connectivity index (χ3v) is 5.01. The van der Waals surface area contributed by atoms with Gasteiger partial charge in [-0.3, -0.25) is 4.79 Å². The number of halogens is 1. The average Bonchev–Trinajstić information content (AvgIpc) is 2.78. The molecule has 0 unspecified atom stereocenters. The van der Waals surface area contributed by atoms with Crippen LogP contribution in [0.25, 0.3) is 6.08 Å². The average molecular weight is 501 g/mol. The van der Waals surface area contributed by atoms with Gasteiger partial charge in [0.05, 0.1) is 19.3 Å². The van der Waals surface area contributed by atoms with E-state index in [-0.39, 0.29) is 24.8 Å². The Hall–Kier alpha value is -3.31. The number of hydrogen-bond donors (Lipinski definition) is 1. The van der Waals surface area contributed by atoms with Crippen LogP contribution in [0.15, 0.2) is 52.5 Å². The maximum absolute atomic E-state index is 12.7. The summed E-state index contributed by atoms with van der Waals surface area (Å²) in [6.07, 6.45) is 1.47. The zero-order valence-electron chi connectivity index (χ0n) is 18.2. The zero-order chi connectivity index (χ0) is 23.5. The molecule has 0 aliphatic heterocycles. The SMILES string of the molecule is CCOC(=O)COc1cc(Br)c(/C=C(/C#N)C(=O)N[C@H](C)c2ccccc2)cc1OCC. The van der Waals surface area contributed by atoms with Crippen LogP contribution in [-0.2, 0) is 14.3 Å². The number of nitrogens with one attached hydrogen (secondary N) is 1. The van der Waals surface area contributed by atoms with E-state index in [0.717, 1.165) is 5.56 Å². The zero-order valence-corrected chi connectivity index (χ0v) is 19.8. The van der Waals surface area contributed by atoms with Crippen LogP contribution in [0.1, 0.15) is 37.9 Å². The number of nitrogens with zero attached hydrogens (tertiary/aromatic N) is 1. The fourth-order valence-corrected chi connectivity index (χ4v) is 3.22. The minimum absolute atomic E-state index is 0.0591. The highest BCUT2D eigenvalue weighted by molar-refractivity contribution is 9.10. The van der Waals surface area contributed by atoms with E-state index >= 15 is 0 Å². The van der Waals surface area contributed by atoms with E-state index in [1.165, 1.54) is 6.08 Å². The lowest BCUT2D eigenvalue weighted by atomic mass is 10.1. The van der Waals surface area contributed by atoms with Crippen molar-refractivity contribution in [2.24, 2.45) is 0 Å². The first kappa shape index (κ1) is 25.0. The molecule has 7 nitrogen and oxygen atoms in total. The summed E-state index contributed by atoms with van der Waals surface area (Å²) in [7, 11) is 0. The molecule has 0 bridgehead atoms. The molecule has 0 aromatic heterocycles. The van der Waals surface area contributed by atoms with Gasteiger partial charge in [0.15, 0.2) is 18.1 Å². The lowest BCUT2D eigenvalue weighted by molar-refractivity contribution is -0.145. The number of hydrogen-bond acceptors (Lipinski definition) is 6. The fourth-order valence-electron chi connectivity index (χ4n) is 2.79. The van der Waals surface area contributed by atoms with Gasteiger partial charge in [-0.25, -0.2) is 4.79 Å². The molecule has 1 amide bonds. The maximum Gasteiger partial charge on any atom is 0.344 e. The van der Waals surface area contributed by atoms with Gasteiger partial charge in [-0.15, -0.1) is 0 Å². The molecule has 0 fully saturated rings. The van der Waals surface area contributed by atoms with E-state index in [4.69, 9.17) is 14.2 Å². The van der Waals surface area contributed by atoms with E-state index in [0.29, 0.717) is 28.1 Å². The van der Waals surface area contributed by atoms with Crippen LogP contribution in [0.4, 0.5) is 0 Å². The van der Waals surface area contributed by atoms with Gasteiger partial charge >= 0.3 is 5.97 Å². The minimum Gasteiger partial charge on any atom is -0.490 e. The molecule has 2 aromatic rings. The van der Waals surface area contributed by atoms with E-state index in [9.17, 15) is 14.9 Å². The quantitative estimate of drug-likeness (QED) is 0.291. The lowest BCUT2D eigenvalue weighted by Crippen LogP contribution is -2.27. The molecule has 0 radical (unpaired) electrons. The number of nitriles is 1. The fraction of sp³-hybridized carbons (Fsp3) is 0.292. The Kier molecular flexibility index (Phi) is 9.76. The summed E-state index contributed by atoms with van der Waals surface area (Å²) in [4.78, 5) is 24.3. The number of ether oxygens (including phenoxy) is 3. The molecule has 0 saturated heterocycles. The van der Waals surface area contributed by atoms with Crippen LogP contribution in [0.2, 0.25) is 0 Å². The molecule has 0 heterocycles. The highest BCUT2D eigenvalue weighted by atomic mass is 79.9. The molecule has 32 heavy (non-hydrogen) atoms. The second kappa shape index (κ2) is 12.5. The molecule has 168 valence electrons. The Labute approximate surface area is 196 Å². The van der Waals surface area contributed by atoms with E-state index in [1.54, 1.807) is 19.1 Å². The highest BCUT2D eigenvalue weighted by Crippen LogP contribution is 2.35. The van der Waals surface area contributed by atoms with E-state index < -0.39 is 11.9 Å². The summed E-state index contributed by atoms with van der Waals surface area (Å²) in [6, 6.07) is 14.4. The molecule has 1 N–H and O–H groups in total. The Morgan fingerprint density at radius 2 is 1.81 bits per heavy atom. The molecule has 2 rings (SSSR count). The van der Waals surface area contributed by atoms with Crippen LogP contribution in [0.5, 0.6) is 11.5 Å². The molecule has 0 aliphatic carbocycles. The molecular formula is C24H25BrN2O5. The van der Waals surface area contributed by atoms with Gasteiger partial charge in [0.2, 0.25) is 0 Å².